The Bertz CT molecular complexity index is 388. The zero-order valence-electron chi connectivity index (χ0n) is 12.0. The van der Waals surface area contributed by atoms with Gasteiger partial charge in [0.2, 0.25) is 0 Å². The van der Waals surface area contributed by atoms with E-state index in [-0.39, 0.29) is 5.41 Å². The minimum atomic E-state index is 0.136. The van der Waals surface area contributed by atoms with Crippen LogP contribution in [0, 0.1) is 0 Å². The molecule has 0 atom stereocenters. The van der Waals surface area contributed by atoms with Crippen LogP contribution in [-0.4, -0.2) is 12.4 Å². The van der Waals surface area contributed by atoms with Crippen LogP contribution >= 0.6 is 0 Å². The number of Topliss-reactive ketones (excluding diaryl/α,β-unsaturated/α-hetero) is 1. The Hall–Kier alpha value is -1.31. The topological polar surface area (TPSA) is 26.3 Å². The molecule has 1 rings (SSSR count). The lowest BCUT2D eigenvalue weighted by atomic mass is 9.87. The lowest BCUT2D eigenvalue weighted by Gasteiger charge is -2.19. The third kappa shape index (κ3) is 4.91. The van der Waals surface area contributed by atoms with Gasteiger partial charge in [-0.05, 0) is 29.5 Å². The van der Waals surface area contributed by atoms with Crippen LogP contribution in [0.5, 0.6) is 5.75 Å². The van der Waals surface area contributed by atoms with E-state index in [1.807, 2.05) is 19.1 Å². The molecule has 0 aliphatic carbocycles. The van der Waals surface area contributed by atoms with Gasteiger partial charge in [-0.3, -0.25) is 4.79 Å². The van der Waals surface area contributed by atoms with Gasteiger partial charge in [-0.1, -0.05) is 39.8 Å². The SMILES string of the molecule is CCC(=O)CCCOc1cccc(C(C)(C)C)c1. The van der Waals surface area contributed by atoms with Gasteiger partial charge in [0.1, 0.15) is 11.5 Å². The number of benzene rings is 1. The highest BCUT2D eigenvalue weighted by Crippen LogP contribution is 2.25. The van der Waals surface area contributed by atoms with Crippen molar-refractivity contribution in [3.8, 4) is 5.75 Å². The van der Waals surface area contributed by atoms with Gasteiger partial charge in [0.15, 0.2) is 0 Å². The van der Waals surface area contributed by atoms with Crippen LogP contribution in [0.4, 0.5) is 0 Å². The molecule has 2 nitrogen and oxygen atoms in total. The van der Waals surface area contributed by atoms with Crippen LogP contribution in [-0.2, 0) is 10.2 Å². The van der Waals surface area contributed by atoms with Crippen LogP contribution in [0.3, 0.4) is 0 Å². The molecule has 18 heavy (non-hydrogen) atoms. The van der Waals surface area contributed by atoms with E-state index in [0.717, 1.165) is 12.2 Å². The molecule has 0 amide bonds. The summed E-state index contributed by atoms with van der Waals surface area (Å²) in [5, 5.41) is 0. The third-order valence-corrected chi connectivity index (χ3v) is 2.96. The summed E-state index contributed by atoms with van der Waals surface area (Å²) in [7, 11) is 0. The zero-order valence-corrected chi connectivity index (χ0v) is 12.0. The summed E-state index contributed by atoms with van der Waals surface area (Å²) in [6, 6.07) is 8.19. The second-order valence-corrected chi connectivity index (χ2v) is 5.62. The second kappa shape index (κ2) is 6.58. The van der Waals surface area contributed by atoms with Crippen LogP contribution in [0.15, 0.2) is 24.3 Å². The van der Waals surface area contributed by atoms with E-state index in [9.17, 15) is 4.79 Å². The molecule has 100 valence electrons. The molecule has 0 aliphatic rings. The molecule has 0 unspecified atom stereocenters. The number of hydrogen-bond donors (Lipinski definition) is 0. The Morgan fingerprint density at radius 1 is 1.28 bits per heavy atom. The molecule has 1 aromatic rings. The zero-order chi connectivity index (χ0) is 13.6. The Morgan fingerprint density at radius 2 is 2.00 bits per heavy atom. The number of rotatable bonds is 6. The van der Waals surface area contributed by atoms with Crippen LogP contribution in [0.2, 0.25) is 0 Å². The van der Waals surface area contributed by atoms with Gasteiger partial charge in [0.25, 0.3) is 0 Å². The van der Waals surface area contributed by atoms with E-state index in [2.05, 4.69) is 32.9 Å². The first-order chi connectivity index (χ1) is 8.43. The molecular formula is C16H24O2. The molecule has 1 aromatic carbocycles. The molecule has 0 radical (unpaired) electrons. The molecule has 0 saturated heterocycles. The van der Waals surface area contributed by atoms with Crippen molar-refractivity contribution >= 4 is 5.78 Å². The summed E-state index contributed by atoms with van der Waals surface area (Å²) in [5.41, 5.74) is 1.40. The fraction of sp³-hybridized carbons (Fsp3) is 0.562. The van der Waals surface area contributed by atoms with E-state index in [1.165, 1.54) is 5.56 Å². The van der Waals surface area contributed by atoms with Crippen LogP contribution < -0.4 is 4.74 Å². The largest absolute Gasteiger partial charge is 0.494 e. The molecular weight excluding hydrogens is 224 g/mol. The highest BCUT2D eigenvalue weighted by molar-refractivity contribution is 5.77. The standard InChI is InChI=1S/C16H24O2/c1-5-14(17)9-7-11-18-15-10-6-8-13(12-15)16(2,3)4/h6,8,10,12H,5,7,9,11H2,1-4H3. The molecule has 0 saturated carbocycles. The highest BCUT2D eigenvalue weighted by atomic mass is 16.5. The summed E-state index contributed by atoms with van der Waals surface area (Å²) >= 11 is 0. The van der Waals surface area contributed by atoms with Gasteiger partial charge in [-0.15, -0.1) is 0 Å². The Labute approximate surface area is 110 Å². The van der Waals surface area contributed by atoms with Gasteiger partial charge in [-0.2, -0.15) is 0 Å². The first-order valence-electron chi connectivity index (χ1n) is 6.68. The molecule has 0 aromatic heterocycles. The molecule has 0 N–H and O–H groups in total. The molecule has 0 spiro atoms. The number of carbonyl (C=O) groups excluding carboxylic acids is 1. The fourth-order valence-electron chi connectivity index (χ4n) is 1.69. The van der Waals surface area contributed by atoms with Gasteiger partial charge in [0, 0.05) is 12.8 Å². The summed E-state index contributed by atoms with van der Waals surface area (Å²) in [6.07, 6.45) is 2.04. The van der Waals surface area contributed by atoms with Crippen molar-refractivity contribution in [3.05, 3.63) is 29.8 Å². The molecule has 0 aliphatic heterocycles. The predicted octanol–water partition coefficient (Wildman–Crippen LogP) is 4.12. The average Bonchev–Trinajstić information content (AvgIpc) is 2.33. The maximum atomic E-state index is 11.2. The van der Waals surface area contributed by atoms with E-state index in [1.54, 1.807) is 0 Å². The van der Waals surface area contributed by atoms with E-state index in [4.69, 9.17) is 4.74 Å². The van der Waals surface area contributed by atoms with Crippen molar-refractivity contribution in [2.75, 3.05) is 6.61 Å². The molecule has 0 bridgehead atoms. The first-order valence-corrected chi connectivity index (χ1v) is 6.68. The van der Waals surface area contributed by atoms with E-state index >= 15 is 0 Å². The fourth-order valence-corrected chi connectivity index (χ4v) is 1.69. The molecule has 2 heteroatoms. The van der Waals surface area contributed by atoms with E-state index < -0.39 is 0 Å². The predicted molar refractivity (Wildman–Crippen MR) is 75.2 cm³/mol. The van der Waals surface area contributed by atoms with Gasteiger partial charge >= 0.3 is 0 Å². The third-order valence-electron chi connectivity index (χ3n) is 2.96. The Kier molecular flexibility index (Phi) is 5.39. The van der Waals surface area contributed by atoms with Crippen molar-refractivity contribution in [2.45, 2.75) is 52.4 Å². The van der Waals surface area contributed by atoms with E-state index in [0.29, 0.717) is 25.2 Å². The molecule has 0 fully saturated rings. The van der Waals surface area contributed by atoms with Crippen molar-refractivity contribution in [3.63, 3.8) is 0 Å². The first kappa shape index (κ1) is 14.7. The van der Waals surface area contributed by atoms with Crippen LogP contribution in [0.25, 0.3) is 0 Å². The quantitative estimate of drug-likeness (QED) is 0.708. The Balaban J connectivity index is 2.46. The average molecular weight is 248 g/mol. The van der Waals surface area contributed by atoms with Crippen molar-refractivity contribution in [2.24, 2.45) is 0 Å². The highest BCUT2D eigenvalue weighted by Gasteiger charge is 2.13. The summed E-state index contributed by atoms with van der Waals surface area (Å²) < 4.78 is 5.68. The number of ketones is 1. The monoisotopic (exact) mass is 248 g/mol. The molecule has 0 heterocycles. The minimum absolute atomic E-state index is 0.136. The van der Waals surface area contributed by atoms with Crippen molar-refractivity contribution in [1.82, 2.24) is 0 Å². The number of ether oxygens (including phenoxy) is 1. The normalized spacial score (nSPS) is 11.3. The maximum absolute atomic E-state index is 11.2. The summed E-state index contributed by atoms with van der Waals surface area (Å²) in [6.45, 7) is 9.07. The summed E-state index contributed by atoms with van der Waals surface area (Å²) in [4.78, 5) is 11.2. The second-order valence-electron chi connectivity index (χ2n) is 5.62. The number of hydrogen-bond acceptors (Lipinski definition) is 2. The Morgan fingerprint density at radius 3 is 2.61 bits per heavy atom. The lowest BCUT2D eigenvalue weighted by Crippen LogP contribution is -2.11. The van der Waals surface area contributed by atoms with Gasteiger partial charge in [0.05, 0.1) is 6.61 Å². The van der Waals surface area contributed by atoms with Gasteiger partial charge < -0.3 is 4.74 Å². The summed E-state index contributed by atoms with van der Waals surface area (Å²) in [5.74, 6) is 1.20. The maximum Gasteiger partial charge on any atom is 0.132 e. The van der Waals surface area contributed by atoms with Crippen LogP contribution in [0.1, 0.15) is 52.5 Å². The van der Waals surface area contributed by atoms with Crippen molar-refractivity contribution < 1.29 is 9.53 Å². The lowest BCUT2D eigenvalue weighted by molar-refractivity contribution is -0.118. The number of carbonyl (C=O) groups is 1. The smallest absolute Gasteiger partial charge is 0.132 e. The van der Waals surface area contributed by atoms with Gasteiger partial charge in [-0.25, -0.2) is 0 Å². The minimum Gasteiger partial charge on any atom is -0.494 e. The van der Waals surface area contributed by atoms with Crippen molar-refractivity contribution in [1.29, 1.82) is 0 Å².